The average molecular weight is 899 g/mol. The maximum Gasteiger partial charge on any atom is 0.408 e. The SMILES string of the molecule is CC[C@@H]1[C@@H]2CN(C(=O)[C@H](C(C)(C)C)NC(=O)O[C@@H]3C[C@H]3CCCCC(F)(F)c3nc4ccc(OC)cc4nc3O2)[C@@H]1C(=O)N[C@]1(C(=O)NS(=O)(=O)C(C)(C)CC)C[C@H]1CC(F)F. The Hall–Kier alpha value is -4.49. The number of methoxy groups -OCH3 is 1. The van der Waals surface area contributed by atoms with Gasteiger partial charge in [0.2, 0.25) is 34.1 Å². The number of nitrogens with one attached hydrogen (secondary N) is 3. The number of halogens is 4. The summed E-state index contributed by atoms with van der Waals surface area (Å²) in [4.78, 5) is 67.0. The summed E-state index contributed by atoms with van der Waals surface area (Å²) >= 11 is 0. The molecule has 2 aromatic rings. The fraction of sp³-hybridized carbons (Fsp3) is 0.714. The number of alkyl halides is 4. The van der Waals surface area contributed by atoms with Crippen molar-refractivity contribution < 1.29 is 59.4 Å². The number of hydrogen-bond donors (Lipinski definition) is 3. The molecule has 3 fully saturated rings. The molecule has 62 heavy (non-hydrogen) atoms. The second-order valence-electron chi connectivity index (χ2n) is 18.8. The van der Waals surface area contributed by atoms with Gasteiger partial charge in [0.1, 0.15) is 35.6 Å². The number of aromatic nitrogens is 2. The molecular formula is C42H58F4N6O9S. The Bertz CT molecular complexity index is 2170. The van der Waals surface area contributed by atoms with E-state index in [9.17, 15) is 36.4 Å². The quantitative estimate of drug-likeness (QED) is 0.238. The molecule has 0 unspecified atom stereocenters. The van der Waals surface area contributed by atoms with Crippen LogP contribution in [0.2, 0.25) is 0 Å². The minimum absolute atomic E-state index is 0.0621. The lowest BCUT2D eigenvalue weighted by atomic mass is 9.85. The topological polar surface area (TPSA) is 195 Å². The minimum Gasteiger partial charge on any atom is -0.497 e. The zero-order chi connectivity index (χ0) is 45.7. The lowest BCUT2D eigenvalue weighted by molar-refractivity contribution is -0.143. The van der Waals surface area contributed by atoms with E-state index < -0.39 is 129 Å². The van der Waals surface area contributed by atoms with Crippen LogP contribution in [-0.4, -0.2) is 102 Å². The molecule has 2 aliphatic heterocycles. The summed E-state index contributed by atoms with van der Waals surface area (Å²) in [5.41, 5.74) is -3.55. The zero-order valence-corrected chi connectivity index (χ0v) is 37.2. The highest BCUT2D eigenvalue weighted by molar-refractivity contribution is 7.91. The number of rotatable bonds is 10. The standard InChI is InChI=1S/C42H58F4N6O9S/c1-9-25-29-21-52(31(25)34(53)50-41(20-23(41)18-30(43)44)37(55)51-62(57,58)40(6,7)10-2)36(54)33(39(3,4)5)49-38(56)61-28-17-22(28)13-11-12-16-42(45,46)32-35(60-29)48-27-19-24(59-8)14-15-26(27)47-32/h14-15,19,22-23,25,28-31,33H,9-13,16-18,20-21H2,1-8H3,(H,49,56)(H,50,53)(H,51,55)/t22-,23-,25-,28-,29+,31+,33-,41-/m1/s1. The van der Waals surface area contributed by atoms with Crippen LogP contribution < -0.4 is 24.8 Å². The second kappa shape index (κ2) is 17.2. The van der Waals surface area contributed by atoms with E-state index in [1.54, 1.807) is 40.7 Å². The van der Waals surface area contributed by atoms with E-state index in [0.717, 1.165) is 4.90 Å². The number of ether oxygens (including phenoxy) is 3. The van der Waals surface area contributed by atoms with Crippen molar-refractivity contribution in [2.45, 2.75) is 153 Å². The number of benzene rings is 1. The molecule has 1 aromatic heterocycles. The van der Waals surface area contributed by atoms with Gasteiger partial charge in [0.15, 0.2) is 5.69 Å². The smallest absolute Gasteiger partial charge is 0.408 e. The maximum atomic E-state index is 16.4. The molecule has 1 saturated heterocycles. The second-order valence-corrected chi connectivity index (χ2v) is 21.1. The molecule has 20 heteroatoms. The predicted molar refractivity (Wildman–Crippen MR) is 218 cm³/mol. The number of hydrogen-bond acceptors (Lipinski definition) is 11. The van der Waals surface area contributed by atoms with Gasteiger partial charge in [-0.2, -0.15) is 8.78 Å². The van der Waals surface area contributed by atoms with E-state index in [-0.39, 0.29) is 42.6 Å². The van der Waals surface area contributed by atoms with Gasteiger partial charge in [-0.1, -0.05) is 41.0 Å². The molecule has 4 amide bonds. The zero-order valence-electron chi connectivity index (χ0n) is 36.4. The third-order valence-electron chi connectivity index (χ3n) is 13.0. The highest BCUT2D eigenvalue weighted by Gasteiger charge is 2.64. The molecule has 0 spiro atoms. The number of nitrogens with zero attached hydrogens (tertiary/aromatic N) is 3. The van der Waals surface area contributed by atoms with E-state index >= 15 is 8.78 Å². The molecule has 3 heterocycles. The Balaban J connectivity index is 1.45. The van der Waals surface area contributed by atoms with Crippen molar-refractivity contribution >= 4 is 44.9 Å². The van der Waals surface area contributed by atoms with Crippen molar-refractivity contribution in [1.29, 1.82) is 0 Å². The van der Waals surface area contributed by atoms with Crippen molar-refractivity contribution in [2.24, 2.45) is 23.2 Å². The van der Waals surface area contributed by atoms with Crippen LogP contribution in [0.1, 0.15) is 112 Å². The molecular weight excluding hydrogens is 841 g/mol. The van der Waals surface area contributed by atoms with Crippen LogP contribution in [-0.2, 0) is 35.1 Å². The van der Waals surface area contributed by atoms with Crippen molar-refractivity contribution in [3.8, 4) is 11.6 Å². The first-order chi connectivity index (χ1) is 28.9. The summed E-state index contributed by atoms with van der Waals surface area (Å²) < 4.78 is 105. The number of alkyl carbamates (subject to hydrolysis) is 1. The van der Waals surface area contributed by atoms with Gasteiger partial charge in [0.05, 0.1) is 29.4 Å². The Morgan fingerprint density at radius 1 is 1.05 bits per heavy atom. The molecule has 2 aliphatic carbocycles. The van der Waals surface area contributed by atoms with Crippen LogP contribution in [0.3, 0.4) is 0 Å². The third kappa shape index (κ3) is 9.54. The largest absolute Gasteiger partial charge is 0.497 e. The number of carbonyl (C=O) groups is 4. The van der Waals surface area contributed by atoms with Crippen molar-refractivity contribution in [2.75, 3.05) is 13.7 Å². The van der Waals surface area contributed by atoms with Gasteiger partial charge in [-0.05, 0) is 81.8 Å². The van der Waals surface area contributed by atoms with Gasteiger partial charge in [-0.3, -0.25) is 19.1 Å². The maximum absolute atomic E-state index is 16.4. The summed E-state index contributed by atoms with van der Waals surface area (Å²) in [5.74, 6) is -8.97. The Labute approximate surface area is 359 Å². The summed E-state index contributed by atoms with van der Waals surface area (Å²) in [7, 11) is -2.96. The molecule has 0 radical (unpaired) electrons. The Morgan fingerprint density at radius 2 is 1.76 bits per heavy atom. The van der Waals surface area contributed by atoms with Gasteiger partial charge in [0, 0.05) is 24.8 Å². The molecule has 2 saturated carbocycles. The van der Waals surface area contributed by atoms with Gasteiger partial charge in [-0.15, -0.1) is 0 Å². The van der Waals surface area contributed by atoms with E-state index in [0.29, 0.717) is 25.0 Å². The van der Waals surface area contributed by atoms with Crippen molar-refractivity contribution in [3.05, 3.63) is 23.9 Å². The Kier molecular flexibility index (Phi) is 13.1. The normalized spacial score (nSPS) is 29.2. The van der Waals surface area contributed by atoms with E-state index in [4.69, 9.17) is 14.2 Å². The average Bonchev–Trinajstić information content (AvgIpc) is 4.06. The summed E-state index contributed by atoms with van der Waals surface area (Å²) in [6.45, 7) is 10.7. The van der Waals surface area contributed by atoms with E-state index in [1.165, 1.54) is 33.1 Å². The van der Waals surface area contributed by atoms with Crippen molar-refractivity contribution in [1.82, 2.24) is 30.2 Å². The van der Waals surface area contributed by atoms with E-state index in [1.807, 2.05) is 4.72 Å². The molecule has 2 bridgehead atoms. The predicted octanol–water partition coefficient (Wildman–Crippen LogP) is 5.98. The summed E-state index contributed by atoms with van der Waals surface area (Å²) in [6, 6.07) is 1.67. The summed E-state index contributed by atoms with van der Waals surface area (Å²) in [6.07, 6.45) is -5.58. The van der Waals surface area contributed by atoms with Crippen LogP contribution in [0.5, 0.6) is 11.6 Å². The first-order valence-electron chi connectivity index (χ1n) is 21.2. The first kappa shape index (κ1) is 47.0. The van der Waals surface area contributed by atoms with Crippen molar-refractivity contribution in [3.63, 3.8) is 0 Å². The fourth-order valence-electron chi connectivity index (χ4n) is 8.46. The molecule has 6 rings (SSSR count). The molecule has 4 aliphatic rings. The van der Waals surface area contributed by atoms with Crippen LogP contribution in [0.15, 0.2) is 18.2 Å². The lowest BCUT2D eigenvalue weighted by Gasteiger charge is -2.36. The summed E-state index contributed by atoms with van der Waals surface area (Å²) in [5, 5.41) is 5.25. The first-order valence-corrected chi connectivity index (χ1v) is 22.7. The number of amides is 4. The van der Waals surface area contributed by atoms with Crippen LogP contribution in [0.25, 0.3) is 11.0 Å². The molecule has 344 valence electrons. The number of fused-ring (bicyclic) bond motifs is 5. The molecule has 3 N–H and O–H groups in total. The van der Waals surface area contributed by atoms with Gasteiger partial charge < -0.3 is 29.7 Å². The monoisotopic (exact) mass is 898 g/mol. The van der Waals surface area contributed by atoms with E-state index in [2.05, 4.69) is 20.6 Å². The minimum atomic E-state index is -4.38. The van der Waals surface area contributed by atoms with Gasteiger partial charge >= 0.3 is 6.09 Å². The highest BCUT2D eigenvalue weighted by Crippen LogP contribution is 2.49. The molecule has 15 nitrogen and oxygen atoms in total. The molecule has 8 atom stereocenters. The van der Waals surface area contributed by atoms with Crippen LogP contribution in [0, 0.1) is 23.2 Å². The third-order valence-corrected chi connectivity index (χ3v) is 15.2. The molecule has 1 aromatic carbocycles. The van der Waals surface area contributed by atoms with Gasteiger partial charge in [-0.25, -0.2) is 32.0 Å². The number of carbonyl (C=O) groups excluding carboxylic acids is 4. The van der Waals surface area contributed by atoms with Crippen LogP contribution >= 0.6 is 0 Å². The Morgan fingerprint density at radius 3 is 2.39 bits per heavy atom. The number of sulfonamides is 1. The van der Waals surface area contributed by atoms with Crippen LogP contribution in [0.4, 0.5) is 22.4 Å². The van der Waals surface area contributed by atoms with Gasteiger partial charge in [0.25, 0.3) is 11.8 Å². The fourth-order valence-corrected chi connectivity index (χ4v) is 9.54. The lowest BCUT2D eigenvalue weighted by Crippen LogP contribution is -2.61. The highest BCUT2D eigenvalue weighted by atomic mass is 32.2.